The minimum atomic E-state index is -0.438. The molecule has 2 atom stereocenters. The Bertz CT molecular complexity index is 453. The molecule has 0 amide bonds. The number of rotatable bonds is 3. The van der Waals surface area contributed by atoms with E-state index >= 15 is 0 Å². The second kappa shape index (κ2) is 5.58. The van der Waals surface area contributed by atoms with Crippen molar-refractivity contribution >= 4 is 23.4 Å². The fourth-order valence-corrected chi connectivity index (χ4v) is 2.98. The van der Waals surface area contributed by atoms with Crippen LogP contribution in [-0.4, -0.2) is 36.0 Å². The summed E-state index contributed by atoms with van der Waals surface area (Å²) in [5.74, 6) is -0.438. The summed E-state index contributed by atoms with van der Waals surface area (Å²) in [7, 11) is 1.34. The highest BCUT2D eigenvalue weighted by atomic mass is 32.2. The van der Waals surface area contributed by atoms with Crippen molar-refractivity contribution in [1.82, 2.24) is 4.98 Å². The van der Waals surface area contributed by atoms with Gasteiger partial charge in [-0.15, -0.1) is 0 Å². The van der Waals surface area contributed by atoms with Gasteiger partial charge in [-0.3, -0.25) is 0 Å². The first-order valence-electron chi connectivity index (χ1n) is 5.74. The lowest BCUT2D eigenvalue weighted by Crippen LogP contribution is -2.14. The molecule has 0 aromatic carbocycles. The van der Waals surface area contributed by atoms with Crippen LogP contribution in [0.15, 0.2) is 17.3 Å². The Morgan fingerprint density at radius 1 is 1.67 bits per heavy atom. The molecule has 1 aromatic rings. The van der Waals surface area contributed by atoms with Gasteiger partial charge in [-0.25, -0.2) is 9.78 Å². The number of methoxy groups -OCH3 is 1. The number of nitrogen functional groups attached to an aromatic ring is 1. The molecule has 2 heterocycles. The molecule has 2 rings (SSSR count). The Balaban J connectivity index is 2.20. The van der Waals surface area contributed by atoms with Crippen molar-refractivity contribution in [2.45, 2.75) is 29.7 Å². The number of thioether (sulfide) groups is 1. The molecule has 0 saturated carbocycles. The molecule has 2 N–H and O–H groups in total. The van der Waals surface area contributed by atoms with Gasteiger partial charge in [0.15, 0.2) is 0 Å². The molecule has 0 radical (unpaired) electrons. The third-order valence-electron chi connectivity index (χ3n) is 2.93. The van der Waals surface area contributed by atoms with Crippen LogP contribution in [0.3, 0.4) is 0 Å². The van der Waals surface area contributed by atoms with Crippen LogP contribution in [0.1, 0.15) is 23.7 Å². The van der Waals surface area contributed by atoms with Gasteiger partial charge in [0.25, 0.3) is 0 Å². The standard InChI is InChI=1S/C12H16N2O3S/c1-7-9(4-6-17-7)18-11-10(13)8(3-5-14-11)12(15)16-2/h3,5,7,9H,4,6,13H2,1-2H3. The predicted molar refractivity (Wildman–Crippen MR) is 69.7 cm³/mol. The van der Waals surface area contributed by atoms with Crippen molar-refractivity contribution < 1.29 is 14.3 Å². The maximum absolute atomic E-state index is 11.5. The number of pyridine rings is 1. The fourth-order valence-electron chi connectivity index (χ4n) is 1.85. The van der Waals surface area contributed by atoms with E-state index in [9.17, 15) is 4.79 Å². The second-order valence-electron chi connectivity index (χ2n) is 4.09. The fraction of sp³-hybridized carbons (Fsp3) is 0.500. The van der Waals surface area contributed by atoms with Gasteiger partial charge in [0, 0.05) is 18.1 Å². The Morgan fingerprint density at radius 2 is 2.44 bits per heavy atom. The summed E-state index contributed by atoms with van der Waals surface area (Å²) in [6.07, 6.45) is 2.72. The number of carbonyl (C=O) groups is 1. The normalized spacial score (nSPS) is 23.0. The minimum absolute atomic E-state index is 0.179. The zero-order chi connectivity index (χ0) is 13.1. The highest BCUT2D eigenvalue weighted by Crippen LogP contribution is 2.35. The summed E-state index contributed by atoms with van der Waals surface area (Å²) < 4.78 is 10.2. The number of hydrogen-bond donors (Lipinski definition) is 1. The van der Waals surface area contributed by atoms with Crippen LogP contribution in [0, 0.1) is 0 Å². The molecule has 1 aromatic heterocycles. The van der Waals surface area contributed by atoms with Crippen LogP contribution >= 0.6 is 11.8 Å². The lowest BCUT2D eigenvalue weighted by molar-refractivity contribution is 0.0601. The van der Waals surface area contributed by atoms with Crippen LogP contribution < -0.4 is 5.73 Å². The van der Waals surface area contributed by atoms with Gasteiger partial charge in [-0.2, -0.15) is 0 Å². The van der Waals surface area contributed by atoms with Crippen LogP contribution in [0.4, 0.5) is 5.69 Å². The van der Waals surface area contributed by atoms with Crippen molar-refractivity contribution in [2.75, 3.05) is 19.5 Å². The average molecular weight is 268 g/mol. The summed E-state index contributed by atoms with van der Waals surface area (Å²) in [5.41, 5.74) is 6.70. The molecule has 1 saturated heterocycles. The summed E-state index contributed by atoms with van der Waals surface area (Å²) in [6.45, 7) is 2.79. The third-order valence-corrected chi connectivity index (χ3v) is 4.40. The van der Waals surface area contributed by atoms with Crippen LogP contribution in [0.2, 0.25) is 0 Å². The van der Waals surface area contributed by atoms with E-state index in [1.807, 2.05) is 6.92 Å². The van der Waals surface area contributed by atoms with Gasteiger partial charge >= 0.3 is 5.97 Å². The number of nitrogens with two attached hydrogens (primary N) is 1. The molecule has 18 heavy (non-hydrogen) atoms. The maximum Gasteiger partial charge on any atom is 0.340 e. The van der Waals surface area contributed by atoms with Gasteiger partial charge in [-0.05, 0) is 19.4 Å². The topological polar surface area (TPSA) is 74.4 Å². The molecular formula is C12H16N2O3S. The molecule has 2 unspecified atom stereocenters. The Labute approximate surface area is 110 Å². The van der Waals surface area contributed by atoms with Crippen LogP contribution in [0.25, 0.3) is 0 Å². The summed E-state index contributed by atoms with van der Waals surface area (Å²) >= 11 is 1.56. The van der Waals surface area contributed by atoms with E-state index < -0.39 is 5.97 Å². The Morgan fingerprint density at radius 3 is 3.06 bits per heavy atom. The number of anilines is 1. The summed E-state index contributed by atoms with van der Waals surface area (Å²) in [6, 6.07) is 1.57. The van der Waals surface area contributed by atoms with Crippen molar-refractivity contribution in [2.24, 2.45) is 0 Å². The van der Waals surface area contributed by atoms with Gasteiger partial charge in [0.1, 0.15) is 5.03 Å². The quantitative estimate of drug-likeness (QED) is 0.841. The lowest BCUT2D eigenvalue weighted by atomic mass is 10.2. The zero-order valence-corrected chi connectivity index (χ0v) is 11.2. The highest BCUT2D eigenvalue weighted by molar-refractivity contribution is 8.00. The Kier molecular flexibility index (Phi) is 4.08. The monoisotopic (exact) mass is 268 g/mol. The second-order valence-corrected chi connectivity index (χ2v) is 5.32. The van der Waals surface area contributed by atoms with E-state index in [2.05, 4.69) is 9.72 Å². The van der Waals surface area contributed by atoms with Crippen molar-refractivity contribution in [1.29, 1.82) is 0 Å². The van der Waals surface area contributed by atoms with Gasteiger partial charge in [0.05, 0.1) is 24.5 Å². The molecule has 1 aliphatic heterocycles. The predicted octanol–water partition coefficient (Wildman–Crippen LogP) is 1.72. The average Bonchev–Trinajstić information content (AvgIpc) is 2.77. The van der Waals surface area contributed by atoms with Crippen LogP contribution in [0.5, 0.6) is 0 Å². The third kappa shape index (κ3) is 2.59. The Hall–Kier alpha value is -1.27. The SMILES string of the molecule is COC(=O)c1ccnc(SC2CCOC2C)c1N. The first kappa shape index (κ1) is 13.2. The first-order valence-corrected chi connectivity index (χ1v) is 6.62. The van der Waals surface area contributed by atoms with E-state index in [1.54, 1.807) is 24.0 Å². The molecular weight excluding hydrogens is 252 g/mol. The molecule has 0 spiro atoms. The smallest absolute Gasteiger partial charge is 0.340 e. The molecule has 0 bridgehead atoms. The van der Waals surface area contributed by atoms with Crippen molar-refractivity contribution in [3.8, 4) is 0 Å². The number of esters is 1. The number of carbonyl (C=O) groups excluding carboxylic acids is 1. The van der Waals surface area contributed by atoms with Crippen molar-refractivity contribution in [3.63, 3.8) is 0 Å². The van der Waals surface area contributed by atoms with Gasteiger partial charge < -0.3 is 15.2 Å². The maximum atomic E-state index is 11.5. The van der Waals surface area contributed by atoms with Gasteiger partial charge in [-0.1, -0.05) is 11.8 Å². The van der Waals surface area contributed by atoms with E-state index in [-0.39, 0.29) is 6.10 Å². The summed E-state index contributed by atoms with van der Waals surface area (Å²) in [5, 5.41) is 0.993. The number of nitrogens with zero attached hydrogens (tertiary/aromatic N) is 1. The van der Waals surface area contributed by atoms with E-state index in [4.69, 9.17) is 10.5 Å². The molecule has 1 aliphatic rings. The largest absolute Gasteiger partial charge is 0.465 e. The van der Waals surface area contributed by atoms with E-state index in [1.165, 1.54) is 7.11 Å². The first-order chi connectivity index (χ1) is 8.63. The molecule has 98 valence electrons. The van der Waals surface area contributed by atoms with E-state index in [0.717, 1.165) is 13.0 Å². The van der Waals surface area contributed by atoms with Gasteiger partial charge in [0.2, 0.25) is 0 Å². The zero-order valence-electron chi connectivity index (χ0n) is 10.4. The molecule has 5 nitrogen and oxygen atoms in total. The molecule has 0 aliphatic carbocycles. The number of ether oxygens (including phenoxy) is 2. The lowest BCUT2D eigenvalue weighted by Gasteiger charge is -2.14. The van der Waals surface area contributed by atoms with Crippen molar-refractivity contribution in [3.05, 3.63) is 17.8 Å². The molecule has 1 fully saturated rings. The minimum Gasteiger partial charge on any atom is -0.465 e. The summed E-state index contributed by atoms with van der Waals surface area (Å²) in [4.78, 5) is 15.8. The highest BCUT2D eigenvalue weighted by Gasteiger charge is 2.27. The molecule has 6 heteroatoms. The van der Waals surface area contributed by atoms with E-state index in [0.29, 0.717) is 21.5 Å². The number of aromatic nitrogens is 1. The van der Waals surface area contributed by atoms with Crippen LogP contribution in [-0.2, 0) is 9.47 Å². The number of hydrogen-bond acceptors (Lipinski definition) is 6.